The Balaban J connectivity index is 1.90. The third-order valence-corrected chi connectivity index (χ3v) is 3.39. The van der Waals surface area contributed by atoms with Gasteiger partial charge in [-0.05, 0) is 24.1 Å². The second kappa shape index (κ2) is 6.84. The molecule has 1 fully saturated rings. The molecule has 0 aliphatic carbocycles. The predicted octanol–water partition coefficient (Wildman–Crippen LogP) is 0.0963. The van der Waals surface area contributed by atoms with Gasteiger partial charge in [0.05, 0.1) is 12.3 Å². The van der Waals surface area contributed by atoms with Crippen molar-refractivity contribution in [2.24, 2.45) is 5.92 Å². The minimum atomic E-state index is -0.972. The van der Waals surface area contributed by atoms with Crippen LogP contribution in [0.3, 0.4) is 0 Å². The third-order valence-electron chi connectivity index (χ3n) is 3.39. The summed E-state index contributed by atoms with van der Waals surface area (Å²) in [6.07, 6.45) is 0.503. The molecular weight excluding hydrogens is 288 g/mol. The van der Waals surface area contributed by atoms with Crippen molar-refractivity contribution in [1.82, 2.24) is 10.6 Å². The number of nitrogens with one attached hydrogen (secondary N) is 2. The van der Waals surface area contributed by atoms with Crippen molar-refractivity contribution in [3.8, 4) is 0 Å². The van der Waals surface area contributed by atoms with E-state index in [1.54, 1.807) is 24.3 Å². The predicted molar refractivity (Wildman–Crippen MR) is 76.0 cm³/mol. The lowest BCUT2D eigenvalue weighted by molar-refractivity contribution is -0.136. The molecule has 1 atom stereocenters. The molecule has 0 saturated carbocycles. The molecule has 1 aliphatic heterocycles. The second-order valence-electron chi connectivity index (χ2n) is 5.11. The maximum absolute atomic E-state index is 11.8. The maximum atomic E-state index is 11.8. The highest BCUT2D eigenvalue weighted by atomic mass is 16.4. The van der Waals surface area contributed by atoms with E-state index in [9.17, 15) is 19.2 Å². The molecule has 1 aromatic carbocycles. The Morgan fingerprint density at radius 2 is 1.91 bits per heavy atom. The minimum absolute atomic E-state index is 0.0697. The second-order valence-corrected chi connectivity index (χ2v) is 5.11. The molecule has 7 nitrogen and oxygen atoms in total. The minimum Gasteiger partial charge on any atom is -0.481 e. The Morgan fingerprint density at radius 3 is 2.45 bits per heavy atom. The molecule has 0 aromatic heterocycles. The van der Waals surface area contributed by atoms with Crippen molar-refractivity contribution in [2.75, 3.05) is 6.54 Å². The van der Waals surface area contributed by atoms with Crippen LogP contribution in [0.5, 0.6) is 0 Å². The summed E-state index contributed by atoms with van der Waals surface area (Å²) in [5.41, 5.74) is 1.28. The van der Waals surface area contributed by atoms with Gasteiger partial charge in [0.25, 0.3) is 5.91 Å². The number of hydrogen-bond donors (Lipinski definition) is 3. The Bertz CT molecular complexity index is 609. The lowest BCUT2D eigenvalue weighted by atomic mass is 9.97. The first kappa shape index (κ1) is 15.7. The van der Waals surface area contributed by atoms with Crippen LogP contribution in [-0.2, 0) is 20.8 Å². The fraction of sp³-hybridized carbons (Fsp3) is 0.333. The molecule has 22 heavy (non-hydrogen) atoms. The van der Waals surface area contributed by atoms with Gasteiger partial charge in [0, 0.05) is 18.5 Å². The summed E-state index contributed by atoms with van der Waals surface area (Å²) in [6.45, 7) is 0.0697. The highest BCUT2D eigenvalue weighted by Gasteiger charge is 2.30. The lowest BCUT2D eigenvalue weighted by Crippen LogP contribution is -2.26. The van der Waals surface area contributed by atoms with Crippen LogP contribution in [0.25, 0.3) is 0 Å². The number of carbonyl (C=O) groups excluding carboxylic acids is 3. The molecule has 1 saturated heterocycles. The average Bonchev–Trinajstić information content (AvgIpc) is 2.77. The maximum Gasteiger partial charge on any atom is 0.305 e. The van der Waals surface area contributed by atoms with Crippen LogP contribution in [0.15, 0.2) is 24.3 Å². The molecule has 1 unspecified atom stereocenters. The number of benzene rings is 1. The van der Waals surface area contributed by atoms with Gasteiger partial charge < -0.3 is 10.4 Å². The molecule has 116 valence electrons. The van der Waals surface area contributed by atoms with E-state index in [4.69, 9.17) is 5.11 Å². The van der Waals surface area contributed by atoms with Crippen LogP contribution in [0, 0.1) is 5.92 Å². The van der Waals surface area contributed by atoms with Crippen LogP contribution < -0.4 is 10.6 Å². The number of carboxylic acids is 1. The number of amides is 3. The average molecular weight is 304 g/mol. The molecule has 1 heterocycles. The van der Waals surface area contributed by atoms with Crippen LogP contribution in [0.4, 0.5) is 0 Å². The molecule has 0 bridgehead atoms. The number of imide groups is 1. The highest BCUT2D eigenvalue weighted by Crippen LogP contribution is 2.17. The molecule has 0 radical (unpaired) electrons. The van der Waals surface area contributed by atoms with Crippen LogP contribution in [-0.4, -0.2) is 35.3 Å². The van der Waals surface area contributed by atoms with Crippen molar-refractivity contribution in [1.29, 1.82) is 0 Å². The monoisotopic (exact) mass is 304 g/mol. The Kier molecular flexibility index (Phi) is 4.88. The summed E-state index contributed by atoms with van der Waals surface area (Å²) in [5, 5.41) is 13.3. The molecule has 2 rings (SSSR count). The summed E-state index contributed by atoms with van der Waals surface area (Å²) < 4.78 is 0. The standard InChI is InChI=1S/C15H16N2O5/c18-12-8-11(15(22)17-12)7-9-1-3-10(4-2-9)14(21)16-6-5-13(19)20/h1-4,11H,5-8H2,(H,16,21)(H,19,20)(H,17,18,22). The first-order chi connectivity index (χ1) is 10.5. The molecule has 1 aromatic rings. The Morgan fingerprint density at radius 1 is 1.23 bits per heavy atom. The zero-order chi connectivity index (χ0) is 16.1. The quantitative estimate of drug-likeness (QED) is 0.645. The lowest BCUT2D eigenvalue weighted by Gasteiger charge is -2.07. The van der Waals surface area contributed by atoms with E-state index < -0.39 is 5.97 Å². The first-order valence-corrected chi connectivity index (χ1v) is 6.88. The van der Waals surface area contributed by atoms with Gasteiger partial charge in [-0.15, -0.1) is 0 Å². The summed E-state index contributed by atoms with van der Waals surface area (Å²) in [5.74, 6) is -2.20. The molecular formula is C15H16N2O5. The number of hydrogen-bond acceptors (Lipinski definition) is 4. The smallest absolute Gasteiger partial charge is 0.305 e. The highest BCUT2D eigenvalue weighted by molar-refractivity contribution is 6.03. The SMILES string of the molecule is O=C(O)CCNC(=O)c1ccc(CC2CC(=O)NC2=O)cc1. The molecule has 3 amide bonds. The summed E-state index contributed by atoms with van der Waals surface area (Å²) >= 11 is 0. The van der Waals surface area contributed by atoms with Crippen LogP contribution in [0.1, 0.15) is 28.8 Å². The van der Waals surface area contributed by atoms with Gasteiger partial charge in [0.2, 0.25) is 11.8 Å². The fourth-order valence-electron chi connectivity index (χ4n) is 2.23. The fourth-order valence-corrected chi connectivity index (χ4v) is 2.23. The topological polar surface area (TPSA) is 113 Å². The van der Waals surface area contributed by atoms with Gasteiger partial charge in [-0.1, -0.05) is 12.1 Å². The number of carbonyl (C=O) groups is 4. The molecule has 3 N–H and O–H groups in total. The van der Waals surface area contributed by atoms with E-state index in [0.29, 0.717) is 12.0 Å². The zero-order valence-corrected chi connectivity index (χ0v) is 11.8. The molecule has 1 aliphatic rings. The first-order valence-electron chi connectivity index (χ1n) is 6.88. The molecule has 0 spiro atoms. The van der Waals surface area contributed by atoms with Crippen LogP contribution in [0.2, 0.25) is 0 Å². The van der Waals surface area contributed by atoms with Gasteiger partial charge in [-0.3, -0.25) is 24.5 Å². The van der Waals surface area contributed by atoms with Crippen molar-refractivity contribution in [2.45, 2.75) is 19.3 Å². The number of carboxylic acid groups (broad SMARTS) is 1. The van der Waals surface area contributed by atoms with Gasteiger partial charge in [0.15, 0.2) is 0 Å². The van der Waals surface area contributed by atoms with E-state index in [0.717, 1.165) is 5.56 Å². The number of rotatable bonds is 6. The van der Waals surface area contributed by atoms with E-state index >= 15 is 0 Å². The van der Waals surface area contributed by atoms with Crippen molar-refractivity contribution >= 4 is 23.7 Å². The third kappa shape index (κ3) is 4.15. The summed E-state index contributed by atoms with van der Waals surface area (Å²) in [6, 6.07) is 6.67. The zero-order valence-electron chi connectivity index (χ0n) is 11.8. The van der Waals surface area contributed by atoms with Crippen molar-refractivity contribution < 1.29 is 24.3 Å². The van der Waals surface area contributed by atoms with E-state index in [1.165, 1.54) is 0 Å². The Hall–Kier alpha value is -2.70. The van der Waals surface area contributed by atoms with Crippen molar-refractivity contribution in [3.63, 3.8) is 0 Å². The van der Waals surface area contributed by atoms with Gasteiger partial charge in [-0.2, -0.15) is 0 Å². The summed E-state index contributed by atoms with van der Waals surface area (Å²) in [7, 11) is 0. The summed E-state index contributed by atoms with van der Waals surface area (Å²) in [4.78, 5) is 44.7. The van der Waals surface area contributed by atoms with Gasteiger partial charge >= 0.3 is 5.97 Å². The Labute approximate surface area is 126 Å². The van der Waals surface area contributed by atoms with E-state index in [-0.39, 0.29) is 43.0 Å². The van der Waals surface area contributed by atoms with Gasteiger partial charge in [-0.25, -0.2) is 0 Å². The number of aliphatic carboxylic acids is 1. The van der Waals surface area contributed by atoms with Crippen LogP contribution >= 0.6 is 0 Å². The van der Waals surface area contributed by atoms with Gasteiger partial charge in [0.1, 0.15) is 0 Å². The van der Waals surface area contributed by atoms with Crippen molar-refractivity contribution in [3.05, 3.63) is 35.4 Å². The van der Waals surface area contributed by atoms with E-state index in [1.807, 2.05) is 0 Å². The van der Waals surface area contributed by atoms with E-state index in [2.05, 4.69) is 10.6 Å². The largest absolute Gasteiger partial charge is 0.481 e. The molecule has 7 heteroatoms. The normalized spacial score (nSPS) is 17.2.